The first-order valence-corrected chi connectivity index (χ1v) is 13.2. The van der Waals surface area contributed by atoms with E-state index in [-0.39, 0.29) is 0 Å². The van der Waals surface area contributed by atoms with Crippen molar-refractivity contribution < 1.29 is 0 Å². The molecule has 2 heteroatoms. The van der Waals surface area contributed by atoms with Gasteiger partial charge in [-0.3, -0.25) is 0 Å². The highest BCUT2D eigenvalue weighted by Crippen LogP contribution is 2.48. The van der Waals surface area contributed by atoms with Crippen LogP contribution in [0.5, 0.6) is 0 Å². The first-order valence-electron chi connectivity index (χ1n) is 12.0. The summed E-state index contributed by atoms with van der Waals surface area (Å²) in [6, 6.07) is 14.7. The van der Waals surface area contributed by atoms with Crippen LogP contribution in [0.15, 0.2) is 36.4 Å². The predicted molar refractivity (Wildman–Crippen MR) is 136 cm³/mol. The van der Waals surface area contributed by atoms with Gasteiger partial charge in [0.2, 0.25) is 0 Å². The molecule has 31 heavy (non-hydrogen) atoms. The number of aromatic nitrogens is 1. The van der Waals surface area contributed by atoms with Gasteiger partial charge in [0.15, 0.2) is 0 Å². The van der Waals surface area contributed by atoms with Crippen LogP contribution >= 0.6 is 11.8 Å². The van der Waals surface area contributed by atoms with Gasteiger partial charge in [-0.2, -0.15) is 11.8 Å². The lowest BCUT2D eigenvalue weighted by molar-refractivity contribution is 0.346. The summed E-state index contributed by atoms with van der Waals surface area (Å²) in [5.74, 6) is 0. The minimum Gasteiger partial charge on any atom is -0.345 e. The van der Waals surface area contributed by atoms with Crippen LogP contribution in [0.3, 0.4) is 0 Å². The van der Waals surface area contributed by atoms with E-state index >= 15 is 0 Å². The number of rotatable bonds is 2. The Labute approximate surface area is 192 Å². The van der Waals surface area contributed by atoms with Crippen LogP contribution < -0.4 is 0 Å². The van der Waals surface area contributed by atoms with Gasteiger partial charge in [-0.25, -0.2) is 0 Å². The van der Waals surface area contributed by atoms with Crippen molar-refractivity contribution in [2.75, 3.05) is 6.26 Å². The quantitative estimate of drug-likeness (QED) is 0.395. The molecule has 5 rings (SSSR count). The number of hydrogen-bond acceptors (Lipinski definition) is 1. The van der Waals surface area contributed by atoms with Gasteiger partial charge in [0.05, 0.1) is 0 Å². The Morgan fingerprint density at radius 3 is 2.03 bits per heavy atom. The van der Waals surface area contributed by atoms with Crippen molar-refractivity contribution in [1.29, 1.82) is 0 Å². The maximum atomic E-state index is 2.71. The molecule has 4 bridgehead atoms. The van der Waals surface area contributed by atoms with Gasteiger partial charge in [0.25, 0.3) is 0 Å². The van der Waals surface area contributed by atoms with E-state index in [0.717, 1.165) is 6.42 Å². The molecule has 1 aromatic heterocycles. The van der Waals surface area contributed by atoms with Gasteiger partial charge in [-0.15, -0.1) is 0 Å². The summed E-state index contributed by atoms with van der Waals surface area (Å²) in [5, 5.41) is 0.497. The molecular weight excluding hydrogens is 394 g/mol. The zero-order valence-corrected chi connectivity index (χ0v) is 20.5. The Balaban J connectivity index is 1.87. The van der Waals surface area contributed by atoms with Gasteiger partial charge >= 0.3 is 0 Å². The zero-order chi connectivity index (χ0) is 21.7. The Hall–Kier alpha value is -1.93. The average Bonchev–Trinajstić information content (AvgIpc) is 3.03. The lowest BCUT2D eigenvalue weighted by Crippen LogP contribution is -2.15. The maximum absolute atomic E-state index is 2.71. The second-order valence-electron chi connectivity index (χ2n) is 9.62. The number of fused-ring (bicyclic) bond motifs is 7. The van der Waals surface area contributed by atoms with E-state index < -0.39 is 0 Å². The molecular formula is C29H35NS. The lowest BCUT2D eigenvalue weighted by atomic mass is 9.84. The molecule has 0 amide bonds. The fraction of sp³-hybridized carbons (Fsp3) is 0.448. The fourth-order valence-corrected chi connectivity index (χ4v) is 7.22. The Kier molecular flexibility index (Phi) is 5.54. The van der Waals surface area contributed by atoms with Crippen molar-refractivity contribution in [3.63, 3.8) is 0 Å². The lowest BCUT2D eigenvalue weighted by Gasteiger charge is -2.26. The van der Waals surface area contributed by atoms with Gasteiger partial charge in [0.1, 0.15) is 0 Å². The van der Waals surface area contributed by atoms with E-state index in [9.17, 15) is 0 Å². The van der Waals surface area contributed by atoms with Gasteiger partial charge in [-0.1, -0.05) is 55.7 Å². The second kappa shape index (κ2) is 8.20. The Morgan fingerprint density at radius 1 is 0.774 bits per heavy atom. The number of nitrogens with zero attached hydrogens (tertiary/aromatic N) is 1. The topological polar surface area (TPSA) is 4.93 Å². The van der Waals surface area contributed by atoms with Crippen molar-refractivity contribution >= 4 is 11.8 Å². The molecule has 2 aliphatic carbocycles. The average molecular weight is 430 g/mol. The van der Waals surface area contributed by atoms with Gasteiger partial charge in [0, 0.05) is 33.8 Å². The highest BCUT2D eigenvalue weighted by molar-refractivity contribution is 7.98. The minimum absolute atomic E-state index is 0.497. The zero-order valence-electron chi connectivity index (χ0n) is 19.7. The molecule has 0 N–H and O–H groups in total. The molecule has 1 saturated carbocycles. The summed E-state index contributed by atoms with van der Waals surface area (Å²) >= 11 is 1.99. The SMILES string of the molecule is CS[C@H]1Cc2cccc(c2C)-c2c(c(C)n(C3CCCCC3)c2C)-c2cccc1c2C. The number of hydrogen-bond donors (Lipinski definition) is 0. The van der Waals surface area contributed by atoms with E-state index in [1.807, 2.05) is 11.8 Å². The van der Waals surface area contributed by atoms with Crippen molar-refractivity contribution in [2.45, 2.75) is 77.5 Å². The van der Waals surface area contributed by atoms with Crippen molar-refractivity contribution in [3.8, 4) is 22.3 Å². The summed E-state index contributed by atoms with van der Waals surface area (Å²) in [6.07, 6.45) is 10.1. The van der Waals surface area contributed by atoms with Crippen LogP contribution in [-0.4, -0.2) is 10.8 Å². The van der Waals surface area contributed by atoms with E-state index in [1.54, 1.807) is 0 Å². The smallest absolute Gasteiger partial charge is 0.0337 e. The third kappa shape index (κ3) is 3.30. The van der Waals surface area contributed by atoms with Crippen molar-refractivity contribution in [1.82, 2.24) is 4.57 Å². The molecule has 0 radical (unpaired) electrons. The monoisotopic (exact) mass is 429 g/mol. The molecule has 0 aliphatic heterocycles. The highest BCUT2D eigenvalue weighted by Gasteiger charge is 2.29. The summed E-state index contributed by atoms with van der Waals surface area (Å²) in [7, 11) is 0. The maximum Gasteiger partial charge on any atom is 0.0337 e. The molecule has 2 aromatic carbocycles. The predicted octanol–water partition coefficient (Wildman–Crippen LogP) is 8.52. The first kappa shape index (κ1) is 20.9. The minimum atomic E-state index is 0.497. The first-order chi connectivity index (χ1) is 15.0. The molecule has 2 aliphatic rings. The third-order valence-electron chi connectivity index (χ3n) is 8.03. The number of thioether (sulfide) groups is 1. The van der Waals surface area contributed by atoms with Crippen LogP contribution in [0.2, 0.25) is 0 Å². The molecule has 1 heterocycles. The Bertz CT molecular complexity index is 1130. The molecule has 0 unspecified atom stereocenters. The Morgan fingerprint density at radius 2 is 1.39 bits per heavy atom. The third-order valence-corrected chi connectivity index (χ3v) is 9.02. The summed E-state index contributed by atoms with van der Waals surface area (Å²) < 4.78 is 2.71. The largest absolute Gasteiger partial charge is 0.345 e. The molecule has 0 spiro atoms. The summed E-state index contributed by atoms with van der Waals surface area (Å²) in [5.41, 5.74) is 14.7. The van der Waals surface area contributed by atoms with Gasteiger partial charge < -0.3 is 4.57 Å². The van der Waals surface area contributed by atoms with E-state index in [0.29, 0.717) is 11.3 Å². The highest BCUT2D eigenvalue weighted by atomic mass is 32.2. The molecule has 1 nitrogen and oxygen atoms in total. The summed E-state index contributed by atoms with van der Waals surface area (Å²) in [4.78, 5) is 0. The molecule has 1 atom stereocenters. The van der Waals surface area contributed by atoms with Crippen LogP contribution in [-0.2, 0) is 6.42 Å². The van der Waals surface area contributed by atoms with Crippen molar-refractivity contribution in [2.24, 2.45) is 0 Å². The van der Waals surface area contributed by atoms with Crippen LogP contribution in [0.1, 0.15) is 77.0 Å². The number of benzene rings is 2. The molecule has 162 valence electrons. The van der Waals surface area contributed by atoms with Crippen LogP contribution in [0.25, 0.3) is 22.3 Å². The second-order valence-corrected chi connectivity index (χ2v) is 10.7. The molecule has 1 fully saturated rings. The molecule has 0 saturated heterocycles. The van der Waals surface area contributed by atoms with Gasteiger partial charge in [-0.05, 0) is 86.6 Å². The van der Waals surface area contributed by atoms with Crippen molar-refractivity contribution in [3.05, 3.63) is 70.0 Å². The van der Waals surface area contributed by atoms with E-state index in [2.05, 4.69) is 74.9 Å². The fourth-order valence-electron chi connectivity index (χ4n) is 6.37. The normalized spacial score (nSPS) is 18.7. The van der Waals surface area contributed by atoms with E-state index in [4.69, 9.17) is 0 Å². The molecule has 3 aromatic rings. The van der Waals surface area contributed by atoms with E-state index in [1.165, 1.54) is 88.0 Å². The van der Waals surface area contributed by atoms with Crippen LogP contribution in [0.4, 0.5) is 0 Å². The van der Waals surface area contributed by atoms with Crippen LogP contribution in [0, 0.1) is 27.7 Å². The summed E-state index contributed by atoms with van der Waals surface area (Å²) in [6.45, 7) is 9.46. The standard InChI is InChI=1S/C29H35NS/c1-18-22-11-9-15-25(18)28-20(3)30(23-12-7-6-8-13-23)21(4)29(28)26-16-10-14-24(19(26)2)27(17-22)31-5/h9-11,14-16,23,27H,6-8,12-13,17H2,1-5H3/t27-/m0/s1.